The lowest BCUT2D eigenvalue weighted by Gasteiger charge is -2.38. The quantitative estimate of drug-likeness (QED) is 0.827. The van der Waals surface area contributed by atoms with Crippen LogP contribution in [0.1, 0.15) is 25.7 Å². The lowest BCUT2D eigenvalue weighted by Crippen LogP contribution is -2.53. The van der Waals surface area contributed by atoms with Crippen LogP contribution in [0.2, 0.25) is 0 Å². The molecule has 118 valence electrons. The predicted molar refractivity (Wildman–Crippen MR) is 89.2 cm³/mol. The Morgan fingerprint density at radius 3 is 2.50 bits per heavy atom. The third kappa shape index (κ3) is 4.17. The van der Waals surface area contributed by atoms with E-state index in [2.05, 4.69) is 15.1 Å². The predicted octanol–water partition coefficient (Wildman–Crippen LogP) is 1.58. The van der Waals surface area contributed by atoms with Gasteiger partial charge in [0.15, 0.2) is 0 Å². The van der Waals surface area contributed by atoms with Crippen molar-refractivity contribution in [3.8, 4) is 0 Å². The molecule has 0 aliphatic carbocycles. The molecule has 3 heterocycles. The molecule has 3 aliphatic heterocycles. The Morgan fingerprint density at radius 1 is 1.10 bits per heavy atom. The number of nitrogens with zero attached hydrogens (tertiary/aromatic N) is 2. The number of hydrogen-bond acceptors (Lipinski definition) is 4. The van der Waals surface area contributed by atoms with E-state index in [1.54, 1.807) is 0 Å². The number of nitrogens with one attached hydrogen (secondary N) is 1. The molecule has 3 fully saturated rings. The van der Waals surface area contributed by atoms with Crippen molar-refractivity contribution in [2.45, 2.75) is 37.8 Å². The summed E-state index contributed by atoms with van der Waals surface area (Å²) in [6.07, 6.45) is 5.12. The van der Waals surface area contributed by atoms with Crippen LogP contribution in [0.5, 0.6) is 0 Å². The van der Waals surface area contributed by atoms with Crippen LogP contribution in [0.3, 0.4) is 0 Å². The van der Waals surface area contributed by atoms with Crippen molar-refractivity contribution >= 4 is 42.5 Å². The minimum absolute atomic E-state index is 0. The summed E-state index contributed by atoms with van der Waals surface area (Å²) in [5.41, 5.74) is 0. The van der Waals surface area contributed by atoms with Crippen LogP contribution in [-0.4, -0.2) is 65.6 Å². The summed E-state index contributed by atoms with van der Waals surface area (Å²) in [5, 5.41) is 3.30. The van der Waals surface area contributed by atoms with Crippen molar-refractivity contribution in [1.29, 1.82) is 0 Å². The van der Waals surface area contributed by atoms with Crippen molar-refractivity contribution in [3.63, 3.8) is 0 Å². The number of rotatable bonds is 2. The van der Waals surface area contributed by atoms with Crippen LogP contribution >= 0.6 is 36.6 Å². The highest BCUT2D eigenvalue weighted by atomic mass is 35.5. The molecule has 7 heteroatoms. The number of piperidine rings is 1. The minimum Gasteiger partial charge on any atom is -0.340 e. The zero-order valence-electron chi connectivity index (χ0n) is 11.8. The Bertz CT molecular complexity index is 310. The number of thioether (sulfide) groups is 1. The SMILES string of the molecule is Cl.Cl.O=C(C1CSCN1)N1CCCC(N2CCCC2)C1. The van der Waals surface area contributed by atoms with E-state index in [4.69, 9.17) is 0 Å². The van der Waals surface area contributed by atoms with Gasteiger partial charge in [0.05, 0.1) is 6.04 Å². The monoisotopic (exact) mass is 341 g/mol. The highest BCUT2D eigenvalue weighted by Gasteiger charge is 2.33. The van der Waals surface area contributed by atoms with Gasteiger partial charge in [0.25, 0.3) is 0 Å². The van der Waals surface area contributed by atoms with E-state index in [1.807, 2.05) is 11.8 Å². The maximum atomic E-state index is 12.4. The molecular formula is C13H25Cl2N3OS. The molecular weight excluding hydrogens is 317 g/mol. The van der Waals surface area contributed by atoms with Crippen molar-refractivity contribution in [2.24, 2.45) is 0 Å². The van der Waals surface area contributed by atoms with Gasteiger partial charge in [0.1, 0.15) is 0 Å². The normalized spacial score (nSPS) is 30.7. The molecule has 1 amide bonds. The second kappa shape index (κ2) is 8.69. The Hall–Kier alpha value is 0.320. The lowest BCUT2D eigenvalue weighted by atomic mass is 10.0. The van der Waals surface area contributed by atoms with Crippen molar-refractivity contribution < 1.29 is 4.79 Å². The average molecular weight is 342 g/mol. The Kier molecular flexibility index (Phi) is 7.98. The number of halogens is 2. The van der Waals surface area contributed by atoms with Gasteiger partial charge in [-0.2, -0.15) is 0 Å². The molecule has 0 aromatic carbocycles. The molecule has 3 rings (SSSR count). The summed E-state index contributed by atoms with van der Waals surface area (Å²) in [5.74, 6) is 2.22. The van der Waals surface area contributed by atoms with Gasteiger partial charge in [-0.25, -0.2) is 0 Å². The molecule has 0 spiro atoms. The maximum Gasteiger partial charge on any atom is 0.240 e. The fourth-order valence-electron chi connectivity index (χ4n) is 3.33. The molecule has 0 aromatic rings. The fraction of sp³-hybridized carbons (Fsp3) is 0.923. The summed E-state index contributed by atoms with van der Waals surface area (Å²) in [4.78, 5) is 17.1. The molecule has 2 unspecified atom stereocenters. The zero-order chi connectivity index (χ0) is 12.4. The average Bonchev–Trinajstić information content (AvgIpc) is 3.11. The zero-order valence-corrected chi connectivity index (χ0v) is 14.2. The molecule has 0 bridgehead atoms. The fourth-order valence-corrected chi connectivity index (χ4v) is 4.27. The highest BCUT2D eigenvalue weighted by Crippen LogP contribution is 2.22. The van der Waals surface area contributed by atoms with E-state index in [1.165, 1.54) is 38.8 Å². The smallest absolute Gasteiger partial charge is 0.240 e. The number of carbonyl (C=O) groups excluding carboxylic acids is 1. The summed E-state index contributed by atoms with van der Waals surface area (Å²) in [6, 6.07) is 0.701. The Labute approximate surface area is 138 Å². The topological polar surface area (TPSA) is 35.6 Å². The summed E-state index contributed by atoms with van der Waals surface area (Å²) < 4.78 is 0. The molecule has 0 radical (unpaired) electrons. The largest absolute Gasteiger partial charge is 0.340 e. The first-order chi connectivity index (χ1) is 8.84. The highest BCUT2D eigenvalue weighted by molar-refractivity contribution is 7.99. The van der Waals surface area contributed by atoms with Gasteiger partial charge < -0.3 is 4.90 Å². The number of carbonyl (C=O) groups is 1. The van der Waals surface area contributed by atoms with Crippen LogP contribution < -0.4 is 5.32 Å². The minimum atomic E-state index is 0. The van der Waals surface area contributed by atoms with Gasteiger partial charge >= 0.3 is 0 Å². The lowest BCUT2D eigenvalue weighted by molar-refractivity contribution is -0.134. The first-order valence-corrected chi connectivity index (χ1v) is 8.34. The van der Waals surface area contributed by atoms with E-state index < -0.39 is 0 Å². The van der Waals surface area contributed by atoms with Crippen LogP contribution in [0.25, 0.3) is 0 Å². The maximum absolute atomic E-state index is 12.4. The number of likely N-dealkylation sites (tertiary alicyclic amines) is 2. The van der Waals surface area contributed by atoms with Gasteiger partial charge in [-0.3, -0.25) is 15.0 Å². The van der Waals surface area contributed by atoms with Gasteiger partial charge in [-0.1, -0.05) is 0 Å². The van der Waals surface area contributed by atoms with Crippen LogP contribution in [0, 0.1) is 0 Å². The van der Waals surface area contributed by atoms with E-state index >= 15 is 0 Å². The molecule has 3 aliphatic rings. The van der Waals surface area contributed by atoms with Gasteiger partial charge in [0, 0.05) is 30.8 Å². The molecule has 3 saturated heterocycles. The van der Waals surface area contributed by atoms with Gasteiger partial charge in [-0.05, 0) is 38.8 Å². The van der Waals surface area contributed by atoms with Gasteiger partial charge in [-0.15, -0.1) is 36.6 Å². The summed E-state index contributed by atoms with van der Waals surface area (Å²) in [6.45, 7) is 4.40. The van der Waals surface area contributed by atoms with Crippen LogP contribution in [0.15, 0.2) is 0 Å². The number of amides is 1. The van der Waals surface area contributed by atoms with Gasteiger partial charge in [0.2, 0.25) is 5.91 Å². The second-order valence-electron chi connectivity index (χ2n) is 5.60. The standard InChI is InChI=1S/C13H23N3OS.2ClH/c17-13(12-9-18-10-14-12)16-7-3-4-11(8-16)15-5-1-2-6-15;;/h11-12,14H,1-10H2;2*1H. The van der Waals surface area contributed by atoms with E-state index in [-0.39, 0.29) is 30.9 Å². The molecule has 0 aromatic heterocycles. The van der Waals surface area contributed by atoms with Crippen LogP contribution in [0.4, 0.5) is 0 Å². The van der Waals surface area contributed by atoms with E-state index in [9.17, 15) is 4.79 Å². The molecule has 2 atom stereocenters. The molecule has 20 heavy (non-hydrogen) atoms. The molecule has 1 N–H and O–H groups in total. The first kappa shape index (κ1) is 18.4. The summed E-state index contributed by atoms with van der Waals surface area (Å²) >= 11 is 1.83. The van der Waals surface area contributed by atoms with Crippen molar-refractivity contribution in [2.75, 3.05) is 37.8 Å². The first-order valence-electron chi connectivity index (χ1n) is 7.18. The van der Waals surface area contributed by atoms with Crippen molar-refractivity contribution in [1.82, 2.24) is 15.1 Å². The van der Waals surface area contributed by atoms with E-state index in [0.717, 1.165) is 24.7 Å². The number of hydrogen-bond donors (Lipinski definition) is 1. The Morgan fingerprint density at radius 2 is 1.85 bits per heavy atom. The third-order valence-corrected chi connectivity index (χ3v) is 5.32. The third-order valence-electron chi connectivity index (χ3n) is 4.38. The summed E-state index contributed by atoms with van der Waals surface area (Å²) in [7, 11) is 0. The van der Waals surface area contributed by atoms with Crippen LogP contribution in [-0.2, 0) is 4.79 Å². The second-order valence-corrected chi connectivity index (χ2v) is 6.63. The van der Waals surface area contributed by atoms with Crippen molar-refractivity contribution in [3.05, 3.63) is 0 Å². The van der Waals surface area contributed by atoms with E-state index in [0.29, 0.717) is 11.9 Å². The molecule has 4 nitrogen and oxygen atoms in total. The Balaban J connectivity index is 0.000001000. The molecule has 0 saturated carbocycles.